The minimum atomic E-state index is -1.24. The fourth-order valence-corrected chi connectivity index (χ4v) is 3.30. The Morgan fingerprint density at radius 3 is 2.37 bits per heavy atom. The van der Waals surface area contributed by atoms with E-state index in [0.29, 0.717) is 12.8 Å². The topological polar surface area (TPSA) is 57.5 Å². The summed E-state index contributed by atoms with van der Waals surface area (Å²) in [4.78, 5) is 11.4. The van der Waals surface area contributed by atoms with E-state index in [0.717, 1.165) is 17.5 Å². The maximum absolute atomic E-state index is 11.4. The second-order valence-electron chi connectivity index (χ2n) is 6.15. The summed E-state index contributed by atoms with van der Waals surface area (Å²) < 4.78 is 0. The van der Waals surface area contributed by atoms with Crippen molar-refractivity contribution >= 4 is 5.97 Å². The highest BCUT2D eigenvalue weighted by atomic mass is 16.4. The van der Waals surface area contributed by atoms with E-state index in [4.69, 9.17) is 0 Å². The van der Waals surface area contributed by atoms with Gasteiger partial charge in [0.2, 0.25) is 0 Å². The molecule has 2 unspecified atom stereocenters. The smallest absolute Gasteiger partial charge is 0.309 e. The van der Waals surface area contributed by atoms with Gasteiger partial charge in [-0.2, -0.15) is 0 Å². The summed E-state index contributed by atoms with van der Waals surface area (Å²) in [5.74, 6) is -1.66. The first-order valence-electron chi connectivity index (χ1n) is 6.88. The van der Waals surface area contributed by atoms with E-state index in [2.05, 4.69) is 13.8 Å². The fraction of sp³-hybridized carbons (Fsp3) is 0.562. The van der Waals surface area contributed by atoms with Crippen molar-refractivity contribution in [1.82, 2.24) is 0 Å². The van der Waals surface area contributed by atoms with Crippen LogP contribution in [0.3, 0.4) is 0 Å². The number of aliphatic hydroxyl groups is 1. The van der Waals surface area contributed by atoms with Gasteiger partial charge in [0.15, 0.2) is 0 Å². The summed E-state index contributed by atoms with van der Waals surface area (Å²) >= 11 is 0. The van der Waals surface area contributed by atoms with E-state index in [1.54, 1.807) is 0 Å². The van der Waals surface area contributed by atoms with E-state index in [1.807, 2.05) is 31.2 Å². The van der Waals surface area contributed by atoms with Gasteiger partial charge in [-0.25, -0.2) is 0 Å². The molecule has 0 aliphatic heterocycles. The third-order valence-corrected chi connectivity index (χ3v) is 4.54. The number of fused-ring (bicyclic) bond motifs is 1. The summed E-state index contributed by atoms with van der Waals surface area (Å²) in [6, 6.07) is 7.71. The van der Waals surface area contributed by atoms with E-state index < -0.39 is 17.5 Å². The van der Waals surface area contributed by atoms with Crippen LogP contribution >= 0.6 is 0 Å². The quantitative estimate of drug-likeness (QED) is 0.880. The van der Waals surface area contributed by atoms with Crippen molar-refractivity contribution < 1.29 is 15.0 Å². The van der Waals surface area contributed by atoms with E-state index in [9.17, 15) is 15.0 Å². The van der Waals surface area contributed by atoms with Crippen LogP contribution in [0.15, 0.2) is 24.3 Å². The van der Waals surface area contributed by atoms with Gasteiger partial charge in [-0.3, -0.25) is 4.79 Å². The van der Waals surface area contributed by atoms with Crippen molar-refractivity contribution in [2.75, 3.05) is 0 Å². The number of carboxylic acids is 1. The molecule has 2 atom stereocenters. The molecule has 3 nitrogen and oxygen atoms in total. The summed E-state index contributed by atoms with van der Waals surface area (Å²) in [6.07, 6.45) is 1.73. The number of benzene rings is 1. The summed E-state index contributed by atoms with van der Waals surface area (Å²) in [7, 11) is 0. The molecule has 19 heavy (non-hydrogen) atoms. The Labute approximate surface area is 114 Å². The first kappa shape index (κ1) is 14.1. The van der Waals surface area contributed by atoms with E-state index in [1.165, 1.54) is 0 Å². The van der Waals surface area contributed by atoms with Crippen LogP contribution in [0, 0.1) is 5.92 Å². The molecule has 0 bridgehead atoms. The molecule has 0 aromatic heterocycles. The third kappa shape index (κ3) is 2.16. The molecule has 0 heterocycles. The van der Waals surface area contributed by atoms with Crippen molar-refractivity contribution in [2.45, 2.75) is 51.0 Å². The second-order valence-corrected chi connectivity index (χ2v) is 6.15. The molecule has 1 aromatic rings. The molecule has 2 N–H and O–H groups in total. The van der Waals surface area contributed by atoms with Gasteiger partial charge < -0.3 is 10.2 Å². The van der Waals surface area contributed by atoms with Crippen molar-refractivity contribution in [3.05, 3.63) is 35.4 Å². The van der Waals surface area contributed by atoms with Crippen LogP contribution in [0.1, 0.15) is 51.2 Å². The Hall–Kier alpha value is -1.35. The molecule has 0 radical (unpaired) electrons. The molecular formula is C16H22O3. The Morgan fingerprint density at radius 2 is 1.84 bits per heavy atom. The van der Waals surface area contributed by atoms with Crippen LogP contribution in [0.25, 0.3) is 0 Å². The summed E-state index contributed by atoms with van der Waals surface area (Å²) in [5, 5.41) is 20.4. The van der Waals surface area contributed by atoms with Crippen LogP contribution in [-0.2, 0) is 15.8 Å². The predicted molar refractivity (Wildman–Crippen MR) is 74.0 cm³/mol. The Bertz CT molecular complexity index is 493. The predicted octanol–water partition coefficient (Wildman–Crippen LogP) is 3.06. The number of carbonyl (C=O) groups is 1. The number of aliphatic carboxylic acids is 1. The van der Waals surface area contributed by atoms with Crippen molar-refractivity contribution in [1.29, 1.82) is 0 Å². The standard InChI is InChI=1S/C16H22O3/c1-4-11(14(17)18)16(19)10-9-15(2,3)12-7-5-6-8-13(12)16/h5-8,11,19H,4,9-10H2,1-3H3,(H,17,18). The Kier molecular flexibility index (Phi) is 3.43. The van der Waals surface area contributed by atoms with Crippen molar-refractivity contribution in [3.8, 4) is 0 Å². The molecule has 0 saturated carbocycles. The zero-order chi connectivity index (χ0) is 14.3. The average Bonchev–Trinajstić information content (AvgIpc) is 2.36. The number of hydrogen-bond donors (Lipinski definition) is 2. The van der Waals surface area contributed by atoms with Crippen molar-refractivity contribution in [2.24, 2.45) is 5.92 Å². The lowest BCUT2D eigenvalue weighted by Crippen LogP contribution is -2.45. The zero-order valence-corrected chi connectivity index (χ0v) is 11.8. The summed E-state index contributed by atoms with van der Waals surface area (Å²) in [5.41, 5.74) is 0.607. The first-order chi connectivity index (χ1) is 8.83. The van der Waals surface area contributed by atoms with Gasteiger partial charge >= 0.3 is 5.97 Å². The molecule has 0 spiro atoms. The maximum Gasteiger partial charge on any atom is 0.309 e. The van der Waals surface area contributed by atoms with Gasteiger partial charge in [-0.15, -0.1) is 0 Å². The zero-order valence-electron chi connectivity index (χ0n) is 11.8. The van der Waals surface area contributed by atoms with Gasteiger partial charge in [0.1, 0.15) is 5.60 Å². The summed E-state index contributed by atoms with van der Waals surface area (Å²) in [6.45, 7) is 6.11. The number of carboxylic acid groups (broad SMARTS) is 1. The molecular weight excluding hydrogens is 240 g/mol. The largest absolute Gasteiger partial charge is 0.481 e. The molecule has 0 saturated heterocycles. The van der Waals surface area contributed by atoms with Crippen LogP contribution in [0.4, 0.5) is 0 Å². The molecule has 2 rings (SSSR count). The van der Waals surface area contributed by atoms with Gasteiger partial charge in [-0.05, 0) is 35.8 Å². The molecule has 1 aliphatic carbocycles. The molecule has 3 heteroatoms. The SMILES string of the molecule is CCC(C(=O)O)C1(O)CCC(C)(C)c2ccccc21. The van der Waals surface area contributed by atoms with E-state index in [-0.39, 0.29) is 5.41 Å². The van der Waals surface area contributed by atoms with Crippen LogP contribution in [0.2, 0.25) is 0 Å². The number of hydrogen-bond acceptors (Lipinski definition) is 2. The normalized spacial score (nSPS) is 26.5. The highest BCUT2D eigenvalue weighted by Gasteiger charge is 2.48. The van der Waals surface area contributed by atoms with Crippen molar-refractivity contribution in [3.63, 3.8) is 0 Å². The average molecular weight is 262 g/mol. The fourth-order valence-electron chi connectivity index (χ4n) is 3.30. The van der Waals surface area contributed by atoms with Crippen LogP contribution < -0.4 is 0 Å². The highest BCUT2D eigenvalue weighted by Crippen LogP contribution is 2.48. The van der Waals surface area contributed by atoms with Crippen LogP contribution in [-0.4, -0.2) is 16.2 Å². The highest BCUT2D eigenvalue weighted by molar-refractivity contribution is 5.72. The minimum absolute atomic E-state index is 0.0143. The van der Waals surface area contributed by atoms with Gasteiger partial charge in [-0.1, -0.05) is 45.0 Å². The Morgan fingerprint density at radius 1 is 1.26 bits per heavy atom. The Balaban J connectivity index is 2.58. The van der Waals surface area contributed by atoms with E-state index >= 15 is 0 Å². The third-order valence-electron chi connectivity index (χ3n) is 4.54. The molecule has 1 aliphatic rings. The van der Waals surface area contributed by atoms with Gasteiger partial charge in [0.25, 0.3) is 0 Å². The maximum atomic E-state index is 11.4. The first-order valence-corrected chi connectivity index (χ1v) is 6.88. The lowest BCUT2D eigenvalue weighted by Gasteiger charge is -2.44. The van der Waals surface area contributed by atoms with Gasteiger partial charge in [0.05, 0.1) is 5.92 Å². The molecule has 1 aromatic carbocycles. The van der Waals surface area contributed by atoms with Gasteiger partial charge in [0, 0.05) is 0 Å². The second kappa shape index (κ2) is 4.64. The molecule has 0 amide bonds. The molecule has 104 valence electrons. The minimum Gasteiger partial charge on any atom is -0.481 e. The van der Waals surface area contributed by atoms with Crippen LogP contribution in [0.5, 0.6) is 0 Å². The monoisotopic (exact) mass is 262 g/mol. The number of rotatable bonds is 3. The lowest BCUT2D eigenvalue weighted by molar-refractivity contribution is -0.155. The molecule has 0 fully saturated rings. The lowest BCUT2D eigenvalue weighted by atomic mass is 9.63.